The van der Waals surface area contributed by atoms with E-state index < -0.39 is 0 Å². The maximum absolute atomic E-state index is 12.5. The van der Waals surface area contributed by atoms with Gasteiger partial charge in [-0.15, -0.1) is 0 Å². The van der Waals surface area contributed by atoms with Crippen LogP contribution in [0.3, 0.4) is 0 Å². The number of anilines is 2. The van der Waals surface area contributed by atoms with Crippen molar-refractivity contribution in [3.63, 3.8) is 0 Å². The molecule has 1 aromatic rings. The normalized spacial score (nSPS) is 17.6. The molecule has 2 aliphatic rings. The Hall–Kier alpha value is -1.84. The molecule has 0 unspecified atom stereocenters. The lowest BCUT2D eigenvalue weighted by Crippen LogP contribution is -2.38. The highest BCUT2D eigenvalue weighted by Crippen LogP contribution is 2.32. The minimum Gasteiger partial charge on any atom is -0.326 e. The third-order valence-electron chi connectivity index (χ3n) is 5.50. The number of hydrogen-bond donors (Lipinski definition) is 1. The van der Waals surface area contributed by atoms with E-state index in [4.69, 9.17) is 0 Å². The molecule has 0 aromatic heterocycles. The third-order valence-corrected chi connectivity index (χ3v) is 5.50. The van der Waals surface area contributed by atoms with Crippen LogP contribution in [0.4, 0.5) is 11.4 Å². The van der Waals surface area contributed by atoms with Crippen LogP contribution in [0.1, 0.15) is 64.4 Å². The molecule has 3 rings (SSSR count). The summed E-state index contributed by atoms with van der Waals surface area (Å²) in [5.41, 5.74) is 2.97. The predicted octanol–water partition coefficient (Wildman–Crippen LogP) is 4.53. The molecular formula is C21H30N2O2. The molecule has 0 radical (unpaired) electrons. The van der Waals surface area contributed by atoms with Gasteiger partial charge in [-0.1, -0.05) is 45.6 Å². The van der Waals surface area contributed by atoms with E-state index in [-0.39, 0.29) is 17.7 Å². The van der Waals surface area contributed by atoms with Gasteiger partial charge in [0, 0.05) is 30.3 Å². The maximum Gasteiger partial charge on any atom is 0.229 e. The van der Waals surface area contributed by atoms with Crippen molar-refractivity contribution in [2.24, 2.45) is 11.8 Å². The number of hydrogen-bond acceptors (Lipinski definition) is 2. The van der Waals surface area contributed by atoms with Crippen LogP contribution in [0, 0.1) is 11.8 Å². The number of carbonyl (C=O) groups excluding carboxylic acids is 2. The van der Waals surface area contributed by atoms with Crippen molar-refractivity contribution in [3.8, 4) is 0 Å². The summed E-state index contributed by atoms with van der Waals surface area (Å²) in [6, 6.07) is 6.00. The molecule has 1 saturated carbocycles. The highest BCUT2D eigenvalue weighted by molar-refractivity contribution is 5.97. The molecule has 0 atom stereocenters. The van der Waals surface area contributed by atoms with E-state index in [1.54, 1.807) is 0 Å². The summed E-state index contributed by atoms with van der Waals surface area (Å²) in [5, 5.41) is 3.03. The standard InChI is InChI=1S/C21H30N2O2/c1-15(2)21(25)23-13-5-8-17-10-11-18(14-19(17)23)22-20(24)12-9-16-6-3-4-7-16/h10-11,14-16H,3-9,12-13H2,1-2H3,(H,22,24). The second kappa shape index (κ2) is 8.03. The molecular weight excluding hydrogens is 312 g/mol. The predicted molar refractivity (Wildman–Crippen MR) is 102 cm³/mol. The lowest BCUT2D eigenvalue weighted by Gasteiger charge is -2.31. The van der Waals surface area contributed by atoms with Crippen molar-refractivity contribution < 1.29 is 9.59 Å². The van der Waals surface area contributed by atoms with Crippen LogP contribution in [-0.4, -0.2) is 18.4 Å². The number of benzene rings is 1. The van der Waals surface area contributed by atoms with Crippen molar-refractivity contribution in [1.29, 1.82) is 0 Å². The Bertz CT molecular complexity index is 633. The molecule has 0 spiro atoms. The van der Waals surface area contributed by atoms with E-state index >= 15 is 0 Å². The highest BCUT2D eigenvalue weighted by atomic mass is 16.2. The lowest BCUT2D eigenvalue weighted by atomic mass is 9.99. The van der Waals surface area contributed by atoms with Crippen molar-refractivity contribution >= 4 is 23.2 Å². The number of fused-ring (bicyclic) bond motifs is 1. The quantitative estimate of drug-likeness (QED) is 0.854. The molecule has 2 amide bonds. The number of amides is 2. The molecule has 1 aliphatic carbocycles. The van der Waals surface area contributed by atoms with Gasteiger partial charge in [0.1, 0.15) is 0 Å². The van der Waals surface area contributed by atoms with E-state index in [9.17, 15) is 9.59 Å². The minimum atomic E-state index is -0.0180. The van der Waals surface area contributed by atoms with Gasteiger partial charge in [0.15, 0.2) is 0 Å². The summed E-state index contributed by atoms with van der Waals surface area (Å²) >= 11 is 0. The average molecular weight is 342 g/mol. The van der Waals surface area contributed by atoms with Crippen LogP contribution in [0.2, 0.25) is 0 Å². The number of nitrogens with one attached hydrogen (secondary N) is 1. The molecule has 0 saturated heterocycles. The first-order valence-electron chi connectivity index (χ1n) is 9.78. The summed E-state index contributed by atoms with van der Waals surface area (Å²) < 4.78 is 0. The Kier molecular flexibility index (Phi) is 5.77. The summed E-state index contributed by atoms with van der Waals surface area (Å²) in [7, 11) is 0. The fourth-order valence-electron chi connectivity index (χ4n) is 4.05. The number of aryl methyl sites for hydroxylation is 1. The summed E-state index contributed by atoms with van der Waals surface area (Å²) in [5.74, 6) is 0.958. The highest BCUT2D eigenvalue weighted by Gasteiger charge is 2.25. The van der Waals surface area contributed by atoms with Crippen LogP contribution in [0.15, 0.2) is 18.2 Å². The minimum absolute atomic E-state index is 0.0180. The fourth-order valence-corrected chi connectivity index (χ4v) is 4.05. The maximum atomic E-state index is 12.5. The summed E-state index contributed by atoms with van der Waals surface area (Å²) in [6.07, 6.45) is 8.77. The number of rotatable bonds is 5. The fraction of sp³-hybridized carbons (Fsp3) is 0.619. The van der Waals surface area contributed by atoms with E-state index in [1.165, 1.54) is 31.2 Å². The average Bonchev–Trinajstić information content (AvgIpc) is 3.12. The second-order valence-electron chi connectivity index (χ2n) is 7.83. The Morgan fingerprint density at radius 1 is 1.20 bits per heavy atom. The van der Waals surface area contributed by atoms with Crippen molar-refractivity contribution in [2.75, 3.05) is 16.8 Å². The molecule has 1 aromatic carbocycles. The third kappa shape index (κ3) is 4.42. The van der Waals surface area contributed by atoms with E-state index in [1.807, 2.05) is 30.9 Å². The van der Waals surface area contributed by atoms with E-state index in [0.717, 1.165) is 43.1 Å². The first-order chi connectivity index (χ1) is 12.0. The molecule has 4 heteroatoms. The second-order valence-corrected chi connectivity index (χ2v) is 7.83. The zero-order chi connectivity index (χ0) is 17.8. The zero-order valence-electron chi connectivity index (χ0n) is 15.5. The van der Waals surface area contributed by atoms with Gasteiger partial charge >= 0.3 is 0 Å². The SMILES string of the molecule is CC(C)C(=O)N1CCCc2ccc(NC(=O)CCC3CCCC3)cc21. The summed E-state index contributed by atoms with van der Waals surface area (Å²) in [4.78, 5) is 26.6. The Morgan fingerprint density at radius 2 is 1.96 bits per heavy atom. The first-order valence-corrected chi connectivity index (χ1v) is 9.78. The van der Waals surface area contributed by atoms with Gasteiger partial charge < -0.3 is 10.2 Å². The molecule has 25 heavy (non-hydrogen) atoms. The van der Waals surface area contributed by atoms with Gasteiger partial charge in [-0.2, -0.15) is 0 Å². The number of nitrogens with zero attached hydrogens (tertiary/aromatic N) is 1. The topological polar surface area (TPSA) is 49.4 Å². The van der Waals surface area contributed by atoms with Crippen LogP contribution >= 0.6 is 0 Å². The van der Waals surface area contributed by atoms with Gasteiger partial charge in [0.25, 0.3) is 0 Å². The zero-order valence-corrected chi connectivity index (χ0v) is 15.5. The molecule has 1 N–H and O–H groups in total. The molecule has 1 aliphatic heterocycles. The van der Waals surface area contributed by atoms with Crippen LogP contribution < -0.4 is 10.2 Å². The van der Waals surface area contributed by atoms with Crippen LogP contribution in [-0.2, 0) is 16.0 Å². The smallest absolute Gasteiger partial charge is 0.229 e. The van der Waals surface area contributed by atoms with E-state index in [0.29, 0.717) is 6.42 Å². The van der Waals surface area contributed by atoms with Crippen molar-refractivity contribution in [2.45, 2.75) is 65.2 Å². The Morgan fingerprint density at radius 3 is 2.68 bits per heavy atom. The molecule has 136 valence electrons. The first kappa shape index (κ1) is 18.0. The van der Waals surface area contributed by atoms with Gasteiger partial charge in [0.05, 0.1) is 0 Å². The van der Waals surface area contributed by atoms with Crippen LogP contribution in [0.25, 0.3) is 0 Å². The van der Waals surface area contributed by atoms with Crippen molar-refractivity contribution in [1.82, 2.24) is 0 Å². The van der Waals surface area contributed by atoms with Gasteiger partial charge in [-0.3, -0.25) is 9.59 Å². The largest absolute Gasteiger partial charge is 0.326 e. The van der Waals surface area contributed by atoms with Gasteiger partial charge in [-0.25, -0.2) is 0 Å². The Labute approximate surface area is 151 Å². The lowest BCUT2D eigenvalue weighted by molar-refractivity contribution is -0.121. The molecule has 0 bridgehead atoms. The Balaban J connectivity index is 1.65. The molecule has 4 nitrogen and oxygen atoms in total. The summed E-state index contributed by atoms with van der Waals surface area (Å²) in [6.45, 7) is 4.64. The number of carbonyl (C=O) groups is 2. The van der Waals surface area contributed by atoms with Gasteiger partial charge in [-0.05, 0) is 42.9 Å². The van der Waals surface area contributed by atoms with Crippen molar-refractivity contribution in [3.05, 3.63) is 23.8 Å². The molecule has 1 heterocycles. The monoisotopic (exact) mass is 342 g/mol. The van der Waals surface area contributed by atoms with Crippen LogP contribution in [0.5, 0.6) is 0 Å². The van der Waals surface area contributed by atoms with E-state index in [2.05, 4.69) is 11.4 Å². The van der Waals surface area contributed by atoms with Gasteiger partial charge in [0.2, 0.25) is 11.8 Å². The molecule has 1 fully saturated rings.